The first-order valence-electron chi connectivity index (χ1n) is 3.52. The first-order chi connectivity index (χ1) is 6.13. The van der Waals surface area contributed by atoms with Crippen molar-refractivity contribution in [1.29, 1.82) is 0 Å². The van der Waals surface area contributed by atoms with E-state index in [0.29, 0.717) is 0 Å². The molecule has 0 heterocycles. The molecule has 0 aromatic rings. The fraction of sp³-hybridized carbons (Fsp3) is 0.571. The Kier molecular flexibility index (Phi) is 5.45. The Balaban J connectivity index is 4.09. The molecule has 0 atom stereocenters. The highest BCUT2D eigenvalue weighted by Crippen LogP contribution is 2.04. The highest BCUT2D eigenvalue weighted by Gasteiger charge is 2.15. The van der Waals surface area contributed by atoms with Crippen molar-refractivity contribution in [3.8, 4) is 0 Å². The fourth-order valence-corrected chi connectivity index (χ4v) is 0.537. The lowest BCUT2D eigenvalue weighted by Crippen LogP contribution is -2.12. The van der Waals surface area contributed by atoms with Crippen molar-refractivity contribution in [2.75, 3.05) is 20.3 Å². The number of nitrogens with zero attached hydrogens (tertiary/aromatic N) is 1. The van der Waals surface area contributed by atoms with E-state index in [4.69, 9.17) is 5.11 Å². The van der Waals surface area contributed by atoms with Crippen molar-refractivity contribution < 1.29 is 19.4 Å². The summed E-state index contributed by atoms with van der Waals surface area (Å²) in [5.74, 6) is -1.41. The normalized spacial score (nSPS) is 11.8. The molecule has 0 saturated heterocycles. The van der Waals surface area contributed by atoms with Gasteiger partial charge in [0.1, 0.15) is 12.4 Å². The molecule has 0 aliphatic rings. The Morgan fingerprint density at radius 1 is 1.46 bits per heavy atom. The van der Waals surface area contributed by atoms with Crippen molar-refractivity contribution >= 4 is 5.97 Å². The molecule has 1 N–H and O–H groups in total. The van der Waals surface area contributed by atoms with Gasteiger partial charge in [0.15, 0.2) is 0 Å². The van der Waals surface area contributed by atoms with Gasteiger partial charge in [0, 0.05) is 7.11 Å². The Hall–Kier alpha value is -1.43. The summed E-state index contributed by atoms with van der Waals surface area (Å²) < 4.78 is 9.12. The average molecular weight is 189 g/mol. The van der Waals surface area contributed by atoms with Crippen LogP contribution in [-0.4, -0.2) is 31.4 Å². The first kappa shape index (κ1) is 11.6. The topological polar surface area (TPSA) is 85.2 Å². The number of nitroso groups, excluding NO2 is 1. The third-order valence-electron chi connectivity index (χ3n) is 1.15. The third-order valence-corrected chi connectivity index (χ3v) is 1.15. The largest absolute Gasteiger partial charge is 0.510 e. The summed E-state index contributed by atoms with van der Waals surface area (Å²) in [5.41, 5.74) is -0.615. The summed E-state index contributed by atoms with van der Waals surface area (Å²) >= 11 is 0. The van der Waals surface area contributed by atoms with Gasteiger partial charge in [0.05, 0.1) is 6.61 Å². The molecule has 0 unspecified atom stereocenters. The second-order valence-electron chi connectivity index (χ2n) is 2.15. The second-order valence-corrected chi connectivity index (χ2v) is 2.15. The van der Waals surface area contributed by atoms with Crippen LogP contribution in [0.4, 0.5) is 0 Å². The Labute approximate surface area is 75.1 Å². The van der Waals surface area contributed by atoms with Crippen LogP contribution in [0.3, 0.4) is 0 Å². The number of rotatable bonds is 5. The zero-order chi connectivity index (χ0) is 10.3. The first-order valence-corrected chi connectivity index (χ1v) is 3.52. The van der Waals surface area contributed by atoms with Crippen LogP contribution in [0.1, 0.15) is 6.92 Å². The molecule has 74 valence electrons. The summed E-state index contributed by atoms with van der Waals surface area (Å²) in [6, 6.07) is 0. The van der Waals surface area contributed by atoms with Crippen molar-refractivity contribution in [2.24, 2.45) is 5.18 Å². The average Bonchev–Trinajstić information content (AvgIpc) is 2.05. The van der Waals surface area contributed by atoms with E-state index in [1.54, 1.807) is 0 Å². The molecule has 0 bridgehead atoms. The number of ether oxygens (including phenoxy) is 2. The smallest absolute Gasteiger partial charge is 0.364 e. The molecule has 0 rings (SSSR count). The lowest BCUT2D eigenvalue weighted by atomic mass is 10.4. The van der Waals surface area contributed by atoms with Crippen LogP contribution < -0.4 is 0 Å². The number of methoxy groups -OCH3 is 1. The van der Waals surface area contributed by atoms with Crippen LogP contribution in [0.5, 0.6) is 0 Å². The van der Waals surface area contributed by atoms with Crippen LogP contribution in [0.2, 0.25) is 0 Å². The lowest BCUT2D eigenvalue weighted by Gasteiger charge is -2.02. The number of carbonyl (C=O) groups excluding carboxylic acids is 1. The molecular formula is C7H11NO5. The lowest BCUT2D eigenvalue weighted by molar-refractivity contribution is -0.140. The number of allylic oxidation sites excluding steroid dienone is 1. The van der Waals surface area contributed by atoms with E-state index in [9.17, 15) is 9.70 Å². The summed E-state index contributed by atoms with van der Waals surface area (Å²) in [6.07, 6.45) is 0. The van der Waals surface area contributed by atoms with E-state index in [1.807, 2.05) is 0 Å². The van der Waals surface area contributed by atoms with E-state index in [-0.39, 0.29) is 13.2 Å². The van der Waals surface area contributed by atoms with Gasteiger partial charge >= 0.3 is 5.97 Å². The van der Waals surface area contributed by atoms with Gasteiger partial charge in [0.2, 0.25) is 5.70 Å². The Bertz CT molecular complexity index is 219. The van der Waals surface area contributed by atoms with Crippen molar-refractivity contribution in [2.45, 2.75) is 6.92 Å². The molecule has 0 spiro atoms. The van der Waals surface area contributed by atoms with Gasteiger partial charge in [-0.3, -0.25) is 0 Å². The number of hydrogen-bond acceptors (Lipinski definition) is 6. The van der Waals surface area contributed by atoms with E-state index < -0.39 is 17.4 Å². The fourth-order valence-electron chi connectivity index (χ4n) is 0.537. The molecule has 0 aromatic heterocycles. The quantitative estimate of drug-likeness (QED) is 0.226. The number of aliphatic hydroxyl groups excluding tert-OH is 1. The van der Waals surface area contributed by atoms with Gasteiger partial charge in [-0.1, -0.05) is 0 Å². The van der Waals surface area contributed by atoms with E-state index in [0.717, 1.165) is 0 Å². The van der Waals surface area contributed by atoms with Gasteiger partial charge in [-0.05, 0) is 12.1 Å². The molecule has 0 amide bonds. The molecule has 13 heavy (non-hydrogen) atoms. The van der Waals surface area contributed by atoms with Gasteiger partial charge in [-0.15, -0.1) is 4.91 Å². The van der Waals surface area contributed by atoms with Crippen molar-refractivity contribution in [3.63, 3.8) is 0 Å². The van der Waals surface area contributed by atoms with Crippen LogP contribution >= 0.6 is 0 Å². The number of esters is 1. The van der Waals surface area contributed by atoms with Gasteiger partial charge in [-0.25, -0.2) is 4.79 Å². The molecule has 0 saturated carbocycles. The van der Waals surface area contributed by atoms with Crippen LogP contribution in [0.15, 0.2) is 16.6 Å². The van der Waals surface area contributed by atoms with Crippen molar-refractivity contribution in [3.05, 3.63) is 16.4 Å². The molecule has 0 radical (unpaired) electrons. The maximum atomic E-state index is 10.9. The SMILES string of the molecule is COCCOC(=O)/C(N=O)=C(\C)O. The number of carbonyl (C=O) groups is 1. The predicted octanol–water partition coefficient (Wildman–Crippen LogP) is 0.732. The minimum absolute atomic E-state index is 0.0155. The van der Waals surface area contributed by atoms with E-state index in [1.165, 1.54) is 14.0 Å². The highest BCUT2D eigenvalue weighted by atomic mass is 16.6. The van der Waals surface area contributed by atoms with Gasteiger partial charge in [0.25, 0.3) is 0 Å². The van der Waals surface area contributed by atoms with Crippen molar-refractivity contribution in [1.82, 2.24) is 0 Å². The van der Waals surface area contributed by atoms with Crippen LogP contribution in [0, 0.1) is 4.91 Å². The summed E-state index contributed by atoms with van der Waals surface area (Å²) in [4.78, 5) is 20.9. The molecule has 6 nitrogen and oxygen atoms in total. The zero-order valence-electron chi connectivity index (χ0n) is 7.44. The molecular weight excluding hydrogens is 178 g/mol. The second kappa shape index (κ2) is 6.13. The highest BCUT2D eigenvalue weighted by molar-refractivity contribution is 5.88. The minimum Gasteiger partial charge on any atom is -0.510 e. The molecule has 6 heteroatoms. The van der Waals surface area contributed by atoms with Crippen LogP contribution in [-0.2, 0) is 14.3 Å². The predicted molar refractivity (Wildman–Crippen MR) is 44.0 cm³/mol. The number of aliphatic hydroxyl groups is 1. The molecule has 0 aliphatic heterocycles. The zero-order valence-corrected chi connectivity index (χ0v) is 7.44. The maximum Gasteiger partial charge on any atom is 0.364 e. The van der Waals surface area contributed by atoms with E-state index >= 15 is 0 Å². The standard InChI is InChI=1S/C7H11NO5/c1-5(9)6(8-11)7(10)13-4-3-12-2/h9H,3-4H2,1-2H3/b6-5-. The number of hydrogen-bond donors (Lipinski definition) is 1. The third kappa shape index (κ3) is 4.22. The molecule has 0 aromatic carbocycles. The summed E-state index contributed by atoms with van der Waals surface area (Å²) in [5, 5.41) is 11.1. The Morgan fingerprint density at radius 3 is 2.46 bits per heavy atom. The van der Waals surface area contributed by atoms with Gasteiger partial charge < -0.3 is 14.6 Å². The summed E-state index contributed by atoms with van der Waals surface area (Å²) in [7, 11) is 1.44. The van der Waals surface area contributed by atoms with Crippen LogP contribution in [0.25, 0.3) is 0 Å². The summed E-state index contributed by atoms with van der Waals surface area (Å²) in [6.45, 7) is 1.41. The minimum atomic E-state index is -0.952. The monoisotopic (exact) mass is 189 g/mol. The molecule has 0 aliphatic carbocycles. The molecule has 0 fully saturated rings. The van der Waals surface area contributed by atoms with E-state index in [2.05, 4.69) is 14.7 Å². The maximum absolute atomic E-state index is 10.9. The van der Waals surface area contributed by atoms with Gasteiger partial charge in [-0.2, -0.15) is 0 Å². The Morgan fingerprint density at radius 2 is 2.08 bits per heavy atom.